The van der Waals surface area contributed by atoms with Crippen molar-refractivity contribution in [1.82, 2.24) is 9.97 Å². The van der Waals surface area contributed by atoms with E-state index >= 15 is 0 Å². The van der Waals surface area contributed by atoms with Gasteiger partial charge in [0.25, 0.3) is 5.88 Å². The van der Waals surface area contributed by atoms with Crippen molar-refractivity contribution in [2.24, 2.45) is 5.10 Å². The maximum atomic E-state index is 9.10. The molecule has 0 radical (unpaired) electrons. The molecule has 0 atom stereocenters. The SMILES string of the molecule is CCC(CC)c1nc(C#N)c(N/N=C/c2cccnc2)o1. The minimum absolute atomic E-state index is 0.218. The lowest BCUT2D eigenvalue weighted by Gasteiger charge is -2.05. The first-order valence-electron chi connectivity index (χ1n) is 6.88. The first kappa shape index (κ1) is 14.7. The average molecular weight is 283 g/mol. The predicted octanol–water partition coefficient (Wildman–Crippen LogP) is 3.29. The Morgan fingerprint density at radius 1 is 1.48 bits per heavy atom. The van der Waals surface area contributed by atoms with Crippen molar-refractivity contribution in [2.75, 3.05) is 5.43 Å². The lowest BCUT2D eigenvalue weighted by Crippen LogP contribution is -1.95. The molecule has 2 aromatic rings. The van der Waals surface area contributed by atoms with Crippen LogP contribution in [0.1, 0.15) is 49.8 Å². The highest BCUT2D eigenvalue weighted by Gasteiger charge is 2.18. The molecule has 2 rings (SSSR count). The Bertz CT molecular complexity index is 638. The third kappa shape index (κ3) is 3.66. The first-order valence-corrected chi connectivity index (χ1v) is 6.88. The number of nitrogens with zero attached hydrogens (tertiary/aromatic N) is 4. The lowest BCUT2D eigenvalue weighted by atomic mass is 10.0. The van der Waals surface area contributed by atoms with Crippen LogP contribution in [0.4, 0.5) is 5.88 Å². The van der Waals surface area contributed by atoms with E-state index in [-0.39, 0.29) is 17.5 Å². The second kappa shape index (κ2) is 7.20. The number of hydrazone groups is 1. The second-order valence-corrected chi connectivity index (χ2v) is 4.51. The van der Waals surface area contributed by atoms with Gasteiger partial charge in [-0.1, -0.05) is 19.9 Å². The Kier molecular flexibility index (Phi) is 5.04. The summed E-state index contributed by atoms with van der Waals surface area (Å²) in [5.74, 6) is 1.07. The van der Waals surface area contributed by atoms with Crippen molar-refractivity contribution >= 4 is 12.1 Å². The van der Waals surface area contributed by atoms with Crippen molar-refractivity contribution < 1.29 is 4.42 Å². The van der Waals surface area contributed by atoms with E-state index in [4.69, 9.17) is 9.68 Å². The van der Waals surface area contributed by atoms with Crippen LogP contribution in [0.25, 0.3) is 0 Å². The molecular formula is C15H17N5O. The van der Waals surface area contributed by atoms with E-state index < -0.39 is 0 Å². The topological polar surface area (TPSA) is 87.1 Å². The van der Waals surface area contributed by atoms with Gasteiger partial charge in [-0.05, 0) is 18.9 Å². The van der Waals surface area contributed by atoms with Gasteiger partial charge in [0.05, 0.1) is 6.21 Å². The van der Waals surface area contributed by atoms with Crippen LogP contribution in [-0.2, 0) is 0 Å². The minimum atomic E-state index is 0.218. The van der Waals surface area contributed by atoms with Crippen molar-refractivity contribution in [1.29, 1.82) is 5.26 Å². The second-order valence-electron chi connectivity index (χ2n) is 4.51. The van der Waals surface area contributed by atoms with E-state index in [1.807, 2.05) is 18.2 Å². The standard InChI is InChI=1S/C15H17N5O/c1-3-12(4-2)14-19-13(8-16)15(21-14)20-18-10-11-6-5-7-17-9-11/h5-7,9-10,12,20H,3-4H2,1-2H3/b18-10+. The van der Waals surface area contributed by atoms with Crippen LogP contribution in [0.15, 0.2) is 34.0 Å². The van der Waals surface area contributed by atoms with Gasteiger partial charge in [-0.3, -0.25) is 4.98 Å². The van der Waals surface area contributed by atoms with Crippen LogP contribution in [-0.4, -0.2) is 16.2 Å². The molecule has 2 heterocycles. The molecule has 0 saturated heterocycles. The van der Waals surface area contributed by atoms with Gasteiger partial charge in [0.1, 0.15) is 6.07 Å². The molecule has 0 fully saturated rings. The summed E-state index contributed by atoms with van der Waals surface area (Å²) in [4.78, 5) is 8.21. The Morgan fingerprint density at radius 2 is 2.29 bits per heavy atom. The lowest BCUT2D eigenvalue weighted by molar-refractivity contribution is 0.439. The van der Waals surface area contributed by atoms with Crippen LogP contribution >= 0.6 is 0 Å². The highest BCUT2D eigenvalue weighted by atomic mass is 16.4. The molecule has 1 N–H and O–H groups in total. The molecule has 0 spiro atoms. The molecule has 0 aliphatic rings. The summed E-state index contributed by atoms with van der Waals surface area (Å²) in [6.07, 6.45) is 6.82. The number of hydrogen-bond donors (Lipinski definition) is 1. The highest BCUT2D eigenvalue weighted by Crippen LogP contribution is 2.26. The van der Waals surface area contributed by atoms with E-state index in [0.29, 0.717) is 5.89 Å². The zero-order valence-electron chi connectivity index (χ0n) is 12.1. The smallest absolute Gasteiger partial charge is 0.252 e. The third-order valence-corrected chi connectivity index (χ3v) is 3.15. The summed E-state index contributed by atoms with van der Waals surface area (Å²) in [6.45, 7) is 4.14. The van der Waals surface area contributed by atoms with E-state index in [0.717, 1.165) is 18.4 Å². The molecule has 0 aliphatic carbocycles. The summed E-state index contributed by atoms with van der Waals surface area (Å²) in [6, 6.07) is 5.71. The number of aromatic nitrogens is 2. The van der Waals surface area contributed by atoms with Gasteiger partial charge >= 0.3 is 0 Å². The van der Waals surface area contributed by atoms with Crippen molar-refractivity contribution in [3.63, 3.8) is 0 Å². The summed E-state index contributed by atoms with van der Waals surface area (Å²) in [5, 5.41) is 13.1. The summed E-state index contributed by atoms with van der Waals surface area (Å²) in [7, 11) is 0. The molecule has 0 saturated carbocycles. The maximum absolute atomic E-state index is 9.10. The van der Waals surface area contributed by atoms with Gasteiger partial charge < -0.3 is 4.42 Å². The van der Waals surface area contributed by atoms with Crippen LogP contribution in [0, 0.1) is 11.3 Å². The van der Waals surface area contributed by atoms with Gasteiger partial charge in [0.2, 0.25) is 11.6 Å². The molecule has 0 unspecified atom stereocenters. The van der Waals surface area contributed by atoms with Crippen LogP contribution < -0.4 is 5.43 Å². The number of pyridine rings is 1. The minimum Gasteiger partial charge on any atom is -0.422 e. The number of hydrogen-bond acceptors (Lipinski definition) is 6. The monoisotopic (exact) mass is 283 g/mol. The number of rotatable bonds is 6. The molecule has 21 heavy (non-hydrogen) atoms. The third-order valence-electron chi connectivity index (χ3n) is 3.15. The van der Waals surface area contributed by atoms with Crippen LogP contribution in [0.2, 0.25) is 0 Å². The molecular weight excluding hydrogens is 266 g/mol. The van der Waals surface area contributed by atoms with E-state index in [9.17, 15) is 0 Å². The molecule has 2 aromatic heterocycles. The highest BCUT2D eigenvalue weighted by molar-refractivity contribution is 5.79. The molecule has 0 aliphatic heterocycles. The molecule has 0 aromatic carbocycles. The number of oxazole rings is 1. The van der Waals surface area contributed by atoms with Gasteiger partial charge in [0, 0.05) is 23.9 Å². The zero-order chi connectivity index (χ0) is 15.1. The Hall–Kier alpha value is -2.68. The largest absolute Gasteiger partial charge is 0.422 e. The van der Waals surface area contributed by atoms with Crippen molar-refractivity contribution in [3.05, 3.63) is 41.7 Å². The fourth-order valence-electron chi connectivity index (χ4n) is 1.92. The Morgan fingerprint density at radius 3 is 2.90 bits per heavy atom. The number of nitrogens with one attached hydrogen (secondary N) is 1. The Balaban J connectivity index is 2.13. The zero-order valence-corrected chi connectivity index (χ0v) is 12.1. The Labute approximate surface area is 123 Å². The first-order chi connectivity index (χ1) is 10.3. The fraction of sp³-hybridized carbons (Fsp3) is 0.333. The molecule has 6 nitrogen and oxygen atoms in total. The summed E-state index contributed by atoms with van der Waals surface area (Å²) < 4.78 is 5.61. The van der Waals surface area contributed by atoms with Gasteiger partial charge in [-0.15, -0.1) is 0 Å². The predicted molar refractivity (Wildman–Crippen MR) is 80.0 cm³/mol. The van der Waals surface area contributed by atoms with Gasteiger partial charge in [-0.25, -0.2) is 10.4 Å². The van der Waals surface area contributed by atoms with Crippen molar-refractivity contribution in [2.45, 2.75) is 32.6 Å². The van der Waals surface area contributed by atoms with E-state index in [1.54, 1.807) is 18.6 Å². The van der Waals surface area contributed by atoms with Crippen LogP contribution in [0.5, 0.6) is 0 Å². The van der Waals surface area contributed by atoms with Crippen LogP contribution in [0.3, 0.4) is 0 Å². The molecule has 0 bridgehead atoms. The van der Waals surface area contributed by atoms with E-state index in [1.165, 1.54) is 0 Å². The number of nitriles is 1. The maximum Gasteiger partial charge on any atom is 0.252 e. The molecule has 0 amide bonds. The quantitative estimate of drug-likeness (QED) is 0.649. The van der Waals surface area contributed by atoms with E-state index in [2.05, 4.69) is 34.3 Å². The average Bonchev–Trinajstić information content (AvgIpc) is 2.93. The molecule has 108 valence electrons. The number of anilines is 1. The van der Waals surface area contributed by atoms with Crippen molar-refractivity contribution in [3.8, 4) is 6.07 Å². The molecule has 6 heteroatoms. The summed E-state index contributed by atoms with van der Waals surface area (Å²) in [5.41, 5.74) is 3.80. The van der Waals surface area contributed by atoms with Gasteiger partial charge in [0.15, 0.2) is 0 Å². The summed E-state index contributed by atoms with van der Waals surface area (Å²) >= 11 is 0. The normalized spacial score (nSPS) is 11.0. The van der Waals surface area contributed by atoms with Gasteiger partial charge in [-0.2, -0.15) is 10.4 Å². The fourth-order valence-corrected chi connectivity index (χ4v) is 1.92.